The Morgan fingerprint density at radius 3 is 2.47 bits per heavy atom. The average Bonchev–Trinajstić information content (AvgIpc) is 3.27. The number of rotatable bonds is 8. The summed E-state index contributed by atoms with van der Waals surface area (Å²) < 4.78 is 32.0. The molecule has 0 spiro atoms. The van der Waals surface area contributed by atoms with Gasteiger partial charge >= 0.3 is 0 Å². The molecule has 2 aromatic carbocycles. The third-order valence-corrected chi connectivity index (χ3v) is 6.83. The summed E-state index contributed by atoms with van der Waals surface area (Å²) in [6.07, 6.45) is 1.74. The summed E-state index contributed by atoms with van der Waals surface area (Å²) in [7, 11) is -3.48. The summed E-state index contributed by atoms with van der Waals surface area (Å²) in [6.45, 7) is 1.33. The fraction of sp³-hybridized carbons (Fsp3) is 0.316. The molecule has 1 N–H and O–H groups in total. The summed E-state index contributed by atoms with van der Waals surface area (Å²) >= 11 is 5.94. The smallest absolute Gasteiger partial charge is 0.270 e. The monoisotopic (exact) mass is 453 g/mol. The van der Waals surface area contributed by atoms with Gasteiger partial charge in [0.1, 0.15) is 12.4 Å². The molecule has 1 fully saturated rings. The van der Waals surface area contributed by atoms with Gasteiger partial charge in [0.05, 0.1) is 26.9 Å². The van der Waals surface area contributed by atoms with Crippen LogP contribution in [0.4, 0.5) is 5.69 Å². The number of carbonyl (C=O) groups excluding carboxylic acids is 1. The molecular weight excluding hydrogens is 434 g/mol. The molecule has 9 nitrogen and oxygen atoms in total. The van der Waals surface area contributed by atoms with Crippen LogP contribution in [0.1, 0.15) is 23.2 Å². The number of sulfonamides is 1. The number of benzene rings is 2. The van der Waals surface area contributed by atoms with Crippen molar-refractivity contribution in [1.29, 1.82) is 0 Å². The lowest BCUT2D eigenvalue weighted by molar-refractivity contribution is -0.384. The molecule has 1 saturated heterocycles. The van der Waals surface area contributed by atoms with Gasteiger partial charge in [-0.05, 0) is 43.2 Å². The molecule has 0 atom stereocenters. The number of hydrogen-bond acceptors (Lipinski definition) is 6. The van der Waals surface area contributed by atoms with Gasteiger partial charge in [0, 0.05) is 25.2 Å². The van der Waals surface area contributed by atoms with Crippen LogP contribution in [-0.4, -0.2) is 49.8 Å². The van der Waals surface area contributed by atoms with E-state index in [0.717, 1.165) is 18.9 Å². The predicted molar refractivity (Wildman–Crippen MR) is 110 cm³/mol. The molecular formula is C19H20ClN3O6S. The Balaban J connectivity index is 1.52. The SMILES string of the molecule is O=C(NCCOc1ccc(S(=O)(=O)N2CCCC2)cc1)c1cc([N+](=O)[O-])ccc1Cl. The molecule has 2 aromatic rings. The molecule has 0 saturated carbocycles. The van der Waals surface area contributed by atoms with Crippen LogP contribution in [0.25, 0.3) is 0 Å². The van der Waals surface area contributed by atoms with Crippen LogP contribution in [0.15, 0.2) is 47.4 Å². The van der Waals surface area contributed by atoms with E-state index in [1.54, 1.807) is 12.1 Å². The van der Waals surface area contributed by atoms with Gasteiger partial charge in [-0.3, -0.25) is 14.9 Å². The van der Waals surface area contributed by atoms with Crippen LogP contribution in [0.3, 0.4) is 0 Å². The zero-order valence-electron chi connectivity index (χ0n) is 15.9. The zero-order valence-corrected chi connectivity index (χ0v) is 17.5. The van der Waals surface area contributed by atoms with E-state index in [-0.39, 0.29) is 34.3 Å². The number of nitrogens with one attached hydrogen (secondary N) is 1. The highest BCUT2D eigenvalue weighted by Crippen LogP contribution is 2.23. The van der Waals surface area contributed by atoms with Crippen LogP contribution in [-0.2, 0) is 10.0 Å². The normalized spacial score (nSPS) is 14.4. The standard InChI is InChI=1S/C19H20ClN3O6S/c20-18-8-3-14(23(25)26)13-17(18)19(24)21-9-12-29-15-4-6-16(7-5-15)30(27,28)22-10-1-2-11-22/h3-8,13H,1-2,9-12H2,(H,21,24). The predicted octanol–water partition coefficient (Wildman–Crippen LogP) is 2.84. The minimum Gasteiger partial charge on any atom is -0.492 e. The second-order valence-corrected chi connectivity index (χ2v) is 8.95. The molecule has 3 rings (SSSR count). The van der Waals surface area contributed by atoms with E-state index < -0.39 is 20.9 Å². The fourth-order valence-corrected chi connectivity index (χ4v) is 4.74. The average molecular weight is 454 g/mol. The molecule has 1 aliphatic rings. The number of non-ortho nitro benzene ring substituents is 1. The topological polar surface area (TPSA) is 119 Å². The van der Waals surface area contributed by atoms with Crippen LogP contribution in [0, 0.1) is 10.1 Å². The second-order valence-electron chi connectivity index (χ2n) is 6.61. The van der Waals surface area contributed by atoms with Crippen molar-refractivity contribution in [2.75, 3.05) is 26.2 Å². The Morgan fingerprint density at radius 2 is 1.83 bits per heavy atom. The van der Waals surface area contributed by atoms with Crippen LogP contribution < -0.4 is 10.1 Å². The van der Waals surface area contributed by atoms with Crippen molar-refractivity contribution >= 4 is 33.2 Å². The molecule has 1 aliphatic heterocycles. The lowest BCUT2D eigenvalue weighted by Crippen LogP contribution is -2.28. The van der Waals surface area contributed by atoms with Crippen molar-refractivity contribution in [1.82, 2.24) is 9.62 Å². The van der Waals surface area contributed by atoms with E-state index >= 15 is 0 Å². The highest BCUT2D eigenvalue weighted by atomic mass is 35.5. The van der Waals surface area contributed by atoms with E-state index in [0.29, 0.717) is 18.8 Å². The third-order valence-electron chi connectivity index (χ3n) is 4.59. The number of ether oxygens (including phenoxy) is 1. The lowest BCUT2D eigenvalue weighted by atomic mass is 10.2. The van der Waals surface area contributed by atoms with Crippen LogP contribution >= 0.6 is 11.6 Å². The quantitative estimate of drug-likeness (QED) is 0.373. The van der Waals surface area contributed by atoms with E-state index in [2.05, 4.69) is 5.32 Å². The number of carbonyl (C=O) groups is 1. The summed E-state index contributed by atoms with van der Waals surface area (Å²) in [5, 5.41) is 13.5. The lowest BCUT2D eigenvalue weighted by Gasteiger charge is -2.15. The molecule has 1 amide bonds. The van der Waals surface area contributed by atoms with Gasteiger partial charge in [-0.25, -0.2) is 8.42 Å². The summed E-state index contributed by atoms with van der Waals surface area (Å²) in [6, 6.07) is 9.72. The maximum atomic E-state index is 12.5. The fourth-order valence-electron chi connectivity index (χ4n) is 3.01. The number of nitro groups is 1. The second kappa shape index (κ2) is 9.41. The number of hydrogen-bond donors (Lipinski definition) is 1. The van der Waals surface area contributed by atoms with Gasteiger partial charge in [0.15, 0.2) is 0 Å². The number of nitro benzene ring substituents is 1. The van der Waals surface area contributed by atoms with Crippen molar-refractivity contribution in [2.45, 2.75) is 17.7 Å². The van der Waals surface area contributed by atoms with Gasteiger partial charge in [-0.2, -0.15) is 4.31 Å². The largest absolute Gasteiger partial charge is 0.492 e. The van der Waals surface area contributed by atoms with E-state index in [1.165, 1.54) is 28.6 Å². The Hall–Kier alpha value is -2.69. The maximum absolute atomic E-state index is 12.5. The first-order valence-electron chi connectivity index (χ1n) is 9.24. The van der Waals surface area contributed by atoms with Gasteiger partial charge in [0.25, 0.3) is 11.6 Å². The Morgan fingerprint density at radius 1 is 1.17 bits per heavy atom. The molecule has 160 valence electrons. The number of halogens is 1. The van der Waals surface area contributed by atoms with E-state index in [1.807, 2.05) is 0 Å². The molecule has 0 aromatic heterocycles. The minimum atomic E-state index is -3.48. The van der Waals surface area contributed by atoms with Crippen molar-refractivity contribution < 1.29 is 22.9 Å². The molecule has 0 radical (unpaired) electrons. The van der Waals surface area contributed by atoms with Gasteiger partial charge in [-0.15, -0.1) is 0 Å². The van der Waals surface area contributed by atoms with Gasteiger partial charge in [0.2, 0.25) is 10.0 Å². The van der Waals surface area contributed by atoms with E-state index in [4.69, 9.17) is 16.3 Å². The highest BCUT2D eigenvalue weighted by Gasteiger charge is 2.26. The third kappa shape index (κ3) is 5.07. The minimum absolute atomic E-state index is 0.00217. The van der Waals surface area contributed by atoms with Crippen LogP contribution in [0.5, 0.6) is 5.75 Å². The Kier molecular flexibility index (Phi) is 6.91. The van der Waals surface area contributed by atoms with E-state index in [9.17, 15) is 23.3 Å². The highest BCUT2D eigenvalue weighted by molar-refractivity contribution is 7.89. The van der Waals surface area contributed by atoms with Crippen molar-refractivity contribution in [3.8, 4) is 5.75 Å². The summed E-state index contributed by atoms with van der Waals surface area (Å²) in [5.41, 5.74) is -0.230. The van der Waals surface area contributed by atoms with Crippen molar-refractivity contribution in [3.63, 3.8) is 0 Å². The summed E-state index contributed by atoms with van der Waals surface area (Å²) in [4.78, 5) is 22.6. The first-order valence-corrected chi connectivity index (χ1v) is 11.1. The number of amides is 1. The Bertz CT molecular complexity index is 1040. The summed E-state index contributed by atoms with van der Waals surface area (Å²) in [5.74, 6) is -0.0997. The first-order chi connectivity index (χ1) is 14.3. The van der Waals surface area contributed by atoms with Crippen molar-refractivity contribution in [3.05, 3.63) is 63.2 Å². The molecule has 0 unspecified atom stereocenters. The number of nitrogens with zero attached hydrogens (tertiary/aromatic N) is 2. The van der Waals surface area contributed by atoms with Crippen LogP contribution in [0.2, 0.25) is 5.02 Å². The molecule has 1 heterocycles. The Labute approximate surface area is 178 Å². The molecule has 11 heteroatoms. The first kappa shape index (κ1) is 22.0. The van der Waals surface area contributed by atoms with Gasteiger partial charge in [-0.1, -0.05) is 11.6 Å². The van der Waals surface area contributed by atoms with Gasteiger partial charge < -0.3 is 10.1 Å². The maximum Gasteiger partial charge on any atom is 0.270 e. The molecule has 0 aliphatic carbocycles. The van der Waals surface area contributed by atoms with Crippen molar-refractivity contribution in [2.24, 2.45) is 0 Å². The molecule has 30 heavy (non-hydrogen) atoms. The molecule has 0 bridgehead atoms. The zero-order chi connectivity index (χ0) is 21.7.